The molecular formula is C16H23N3O2. The third-order valence-electron chi connectivity index (χ3n) is 4.40. The van der Waals surface area contributed by atoms with Crippen LogP contribution in [0.4, 0.5) is 5.69 Å². The van der Waals surface area contributed by atoms with E-state index in [1.807, 2.05) is 0 Å². The first kappa shape index (κ1) is 14.2. The Morgan fingerprint density at radius 1 is 1.43 bits per heavy atom. The first-order valence-corrected chi connectivity index (χ1v) is 7.63. The van der Waals surface area contributed by atoms with Gasteiger partial charge in [0, 0.05) is 30.9 Å². The first-order chi connectivity index (χ1) is 10.2. The minimum absolute atomic E-state index is 0.0864. The molecule has 2 aliphatic rings. The SMILES string of the molecule is COc1cc(N)ccc1C(=O)NCC1CCN(C2CC2)C1. The molecule has 0 bridgehead atoms. The normalized spacial score (nSPS) is 22.2. The van der Waals surface area contributed by atoms with Crippen LogP contribution in [-0.2, 0) is 0 Å². The molecule has 3 rings (SSSR count). The molecule has 1 saturated heterocycles. The third kappa shape index (κ3) is 3.29. The van der Waals surface area contributed by atoms with Gasteiger partial charge < -0.3 is 20.7 Å². The molecule has 2 fully saturated rings. The van der Waals surface area contributed by atoms with E-state index >= 15 is 0 Å². The summed E-state index contributed by atoms with van der Waals surface area (Å²) >= 11 is 0. The average molecular weight is 289 g/mol. The number of carbonyl (C=O) groups is 1. The van der Waals surface area contributed by atoms with Crippen LogP contribution < -0.4 is 15.8 Å². The van der Waals surface area contributed by atoms with Crippen LogP contribution in [0, 0.1) is 5.92 Å². The molecule has 1 atom stereocenters. The number of ether oxygens (including phenoxy) is 1. The second-order valence-electron chi connectivity index (χ2n) is 6.05. The largest absolute Gasteiger partial charge is 0.496 e. The summed E-state index contributed by atoms with van der Waals surface area (Å²) in [6, 6.07) is 5.94. The van der Waals surface area contributed by atoms with Crippen molar-refractivity contribution in [3.63, 3.8) is 0 Å². The highest BCUT2D eigenvalue weighted by Crippen LogP contribution is 2.31. The summed E-state index contributed by atoms with van der Waals surface area (Å²) in [7, 11) is 1.55. The molecule has 1 aromatic carbocycles. The Labute approximate surface area is 125 Å². The van der Waals surface area contributed by atoms with E-state index in [9.17, 15) is 4.79 Å². The fourth-order valence-corrected chi connectivity index (χ4v) is 3.03. The lowest BCUT2D eigenvalue weighted by Gasteiger charge is -2.15. The highest BCUT2D eigenvalue weighted by Gasteiger charge is 2.34. The second kappa shape index (κ2) is 5.93. The van der Waals surface area contributed by atoms with Crippen LogP contribution in [0.5, 0.6) is 5.75 Å². The fraction of sp³-hybridized carbons (Fsp3) is 0.562. The lowest BCUT2D eigenvalue weighted by molar-refractivity contribution is 0.0944. The Bertz CT molecular complexity index is 528. The smallest absolute Gasteiger partial charge is 0.255 e. The van der Waals surface area contributed by atoms with Gasteiger partial charge in [-0.25, -0.2) is 0 Å². The quantitative estimate of drug-likeness (QED) is 0.806. The molecule has 1 aromatic rings. The second-order valence-corrected chi connectivity index (χ2v) is 6.05. The van der Waals surface area contributed by atoms with Crippen LogP contribution in [0.25, 0.3) is 0 Å². The molecule has 0 spiro atoms. The molecule has 5 nitrogen and oxygen atoms in total. The minimum atomic E-state index is -0.0864. The predicted octanol–water partition coefficient (Wildman–Crippen LogP) is 1.49. The number of methoxy groups -OCH3 is 1. The van der Waals surface area contributed by atoms with Crippen molar-refractivity contribution in [2.45, 2.75) is 25.3 Å². The van der Waals surface area contributed by atoms with E-state index in [-0.39, 0.29) is 5.91 Å². The number of rotatable bonds is 5. The van der Waals surface area contributed by atoms with Crippen LogP contribution in [0.3, 0.4) is 0 Å². The number of nitrogens with zero attached hydrogens (tertiary/aromatic N) is 1. The number of hydrogen-bond donors (Lipinski definition) is 2. The molecule has 1 heterocycles. The predicted molar refractivity (Wildman–Crippen MR) is 82.4 cm³/mol. The van der Waals surface area contributed by atoms with E-state index in [0.29, 0.717) is 22.9 Å². The molecule has 1 unspecified atom stereocenters. The van der Waals surface area contributed by atoms with E-state index in [4.69, 9.17) is 10.5 Å². The first-order valence-electron chi connectivity index (χ1n) is 7.63. The molecule has 1 saturated carbocycles. The van der Waals surface area contributed by atoms with E-state index in [2.05, 4.69) is 10.2 Å². The van der Waals surface area contributed by atoms with Crippen molar-refractivity contribution in [2.75, 3.05) is 32.5 Å². The topological polar surface area (TPSA) is 67.6 Å². The Balaban J connectivity index is 1.54. The summed E-state index contributed by atoms with van der Waals surface area (Å²) < 4.78 is 5.23. The third-order valence-corrected chi connectivity index (χ3v) is 4.40. The van der Waals surface area contributed by atoms with Gasteiger partial charge >= 0.3 is 0 Å². The Hall–Kier alpha value is -1.75. The van der Waals surface area contributed by atoms with Crippen LogP contribution in [-0.4, -0.2) is 43.6 Å². The molecule has 21 heavy (non-hydrogen) atoms. The molecule has 3 N–H and O–H groups in total. The summed E-state index contributed by atoms with van der Waals surface area (Å²) in [5.41, 5.74) is 6.85. The van der Waals surface area contributed by atoms with Gasteiger partial charge in [-0.05, 0) is 43.9 Å². The van der Waals surface area contributed by atoms with Gasteiger partial charge in [0.2, 0.25) is 0 Å². The Kier molecular flexibility index (Phi) is 4.01. The van der Waals surface area contributed by atoms with Gasteiger partial charge in [0.1, 0.15) is 5.75 Å². The number of nitrogens with one attached hydrogen (secondary N) is 1. The highest BCUT2D eigenvalue weighted by atomic mass is 16.5. The number of likely N-dealkylation sites (tertiary alicyclic amines) is 1. The van der Waals surface area contributed by atoms with E-state index in [1.54, 1.807) is 25.3 Å². The summed E-state index contributed by atoms with van der Waals surface area (Å²) in [5.74, 6) is 1.00. The molecule has 1 amide bonds. The van der Waals surface area contributed by atoms with Crippen molar-refractivity contribution >= 4 is 11.6 Å². The summed E-state index contributed by atoms with van der Waals surface area (Å²) in [6.45, 7) is 3.02. The van der Waals surface area contributed by atoms with E-state index in [1.165, 1.54) is 25.8 Å². The zero-order valence-electron chi connectivity index (χ0n) is 12.5. The van der Waals surface area contributed by atoms with Gasteiger partial charge in [-0.2, -0.15) is 0 Å². The van der Waals surface area contributed by atoms with Crippen molar-refractivity contribution in [3.8, 4) is 5.75 Å². The van der Waals surface area contributed by atoms with Crippen molar-refractivity contribution in [1.29, 1.82) is 0 Å². The number of nitrogens with two attached hydrogens (primary N) is 1. The van der Waals surface area contributed by atoms with Gasteiger partial charge in [-0.3, -0.25) is 4.79 Å². The van der Waals surface area contributed by atoms with Crippen LogP contribution in [0.15, 0.2) is 18.2 Å². The lowest BCUT2D eigenvalue weighted by atomic mass is 10.1. The van der Waals surface area contributed by atoms with E-state index in [0.717, 1.165) is 19.1 Å². The van der Waals surface area contributed by atoms with Crippen molar-refractivity contribution in [2.24, 2.45) is 5.92 Å². The molecule has 1 aliphatic carbocycles. The highest BCUT2D eigenvalue weighted by molar-refractivity contribution is 5.97. The summed E-state index contributed by atoms with van der Waals surface area (Å²) in [6.07, 6.45) is 3.87. The number of anilines is 1. The average Bonchev–Trinajstić information content (AvgIpc) is 3.23. The van der Waals surface area contributed by atoms with Gasteiger partial charge in [0.25, 0.3) is 5.91 Å². The molecular weight excluding hydrogens is 266 g/mol. The zero-order valence-corrected chi connectivity index (χ0v) is 12.5. The number of benzene rings is 1. The van der Waals surface area contributed by atoms with E-state index < -0.39 is 0 Å². The van der Waals surface area contributed by atoms with Crippen molar-refractivity contribution < 1.29 is 9.53 Å². The van der Waals surface area contributed by atoms with Gasteiger partial charge in [0.05, 0.1) is 12.7 Å². The monoisotopic (exact) mass is 289 g/mol. The van der Waals surface area contributed by atoms with Gasteiger partial charge in [-0.1, -0.05) is 0 Å². The number of nitrogen functional groups attached to an aromatic ring is 1. The Morgan fingerprint density at radius 3 is 2.95 bits per heavy atom. The maximum atomic E-state index is 12.3. The van der Waals surface area contributed by atoms with Gasteiger partial charge in [-0.15, -0.1) is 0 Å². The molecule has 114 valence electrons. The molecule has 0 radical (unpaired) electrons. The maximum Gasteiger partial charge on any atom is 0.255 e. The molecule has 0 aromatic heterocycles. The van der Waals surface area contributed by atoms with Crippen LogP contribution >= 0.6 is 0 Å². The van der Waals surface area contributed by atoms with Crippen molar-refractivity contribution in [1.82, 2.24) is 10.2 Å². The van der Waals surface area contributed by atoms with Gasteiger partial charge in [0.15, 0.2) is 0 Å². The standard InChI is InChI=1S/C16H23N3O2/c1-21-15-8-12(17)2-5-14(15)16(20)18-9-11-6-7-19(10-11)13-3-4-13/h2,5,8,11,13H,3-4,6-7,9-10,17H2,1H3,(H,18,20). The van der Waals surface area contributed by atoms with Crippen LogP contribution in [0.2, 0.25) is 0 Å². The molecule has 1 aliphatic heterocycles. The molecule has 5 heteroatoms. The number of amides is 1. The van der Waals surface area contributed by atoms with Crippen molar-refractivity contribution in [3.05, 3.63) is 23.8 Å². The Morgan fingerprint density at radius 2 is 2.24 bits per heavy atom. The number of hydrogen-bond acceptors (Lipinski definition) is 4. The number of carbonyl (C=O) groups excluding carboxylic acids is 1. The van der Waals surface area contributed by atoms with Crippen LogP contribution in [0.1, 0.15) is 29.6 Å². The summed E-state index contributed by atoms with van der Waals surface area (Å²) in [5, 5.41) is 3.03. The zero-order chi connectivity index (χ0) is 14.8. The fourth-order valence-electron chi connectivity index (χ4n) is 3.03. The minimum Gasteiger partial charge on any atom is -0.496 e. The summed E-state index contributed by atoms with van der Waals surface area (Å²) in [4.78, 5) is 14.8. The lowest BCUT2D eigenvalue weighted by Crippen LogP contribution is -2.31. The maximum absolute atomic E-state index is 12.3.